The second kappa shape index (κ2) is 9.55. The molecular formula is C19H21F2NO5S2. The Balaban J connectivity index is 0.00000300. The number of hydrogen-bond donors (Lipinski definition) is 1. The van der Waals surface area contributed by atoms with Gasteiger partial charge in [-0.3, -0.25) is 4.79 Å². The van der Waals surface area contributed by atoms with Crippen LogP contribution in [0.2, 0.25) is 0 Å². The van der Waals surface area contributed by atoms with Crippen molar-refractivity contribution in [2.45, 2.75) is 11.3 Å². The van der Waals surface area contributed by atoms with Crippen LogP contribution in [-0.2, 0) is 14.6 Å². The van der Waals surface area contributed by atoms with Gasteiger partial charge in [-0.15, -0.1) is 0 Å². The number of anilines is 1. The maximum atomic E-state index is 13.8. The normalized spacial score (nSPS) is 16.2. The molecule has 1 amide bonds. The third-order valence-corrected chi connectivity index (χ3v) is 6.34. The summed E-state index contributed by atoms with van der Waals surface area (Å²) in [6.07, 6.45) is 0.654. The predicted octanol–water partition coefficient (Wildman–Crippen LogP) is 3.15. The van der Waals surface area contributed by atoms with Gasteiger partial charge in [-0.1, -0.05) is 6.07 Å². The number of carbonyl (C=O) groups is 1. The smallest absolute Gasteiger partial charge is 0.259 e. The molecule has 3 rings (SSSR count). The first-order valence-electron chi connectivity index (χ1n) is 8.55. The molecule has 1 aliphatic heterocycles. The van der Waals surface area contributed by atoms with E-state index in [1.807, 2.05) is 0 Å². The van der Waals surface area contributed by atoms with E-state index in [-0.39, 0.29) is 47.1 Å². The summed E-state index contributed by atoms with van der Waals surface area (Å²) in [7, 11) is -2.34. The Morgan fingerprint density at radius 3 is 2.69 bits per heavy atom. The zero-order valence-corrected chi connectivity index (χ0v) is 17.4. The summed E-state index contributed by atoms with van der Waals surface area (Å²) in [6.45, 7) is 0.900. The predicted molar refractivity (Wildman–Crippen MR) is 109 cm³/mol. The Labute approximate surface area is 174 Å². The molecule has 0 aromatic heterocycles. The van der Waals surface area contributed by atoms with Crippen LogP contribution in [0.5, 0.6) is 5.75 Å². The lowest BCUT2D eigenvalue weighted by atomic mass is 10.1. The molecule has 0 saturated carbocycles. The first-order chi connectivity index (χ1) is 13.3. The number of amides is 1. The summed E-state index contributed by atoms with van der Waals surface area (Å²) in [6, 6.07) is 7.25. The highest BCUT2D eigenvalue weighted by Gasteiger charge is 2.26. The number of methoxy groups -OCH3 is 1. The third kappa shape index (κ3) is 5.26. The van der Waals surface area contributed by atoms with E-state index >= 15 is 0 Å². The van der Waals surface area contributed by atoms with E-state index < -0.39 is 27.4 Å². The molecule has 158 valence electrons. The van der Waals surface area contributed by atoms with Gasteiger partial charge in [0.05, 0.1) is 35.6 Å². The molecule has 10 heteroatoms. The van der Waals surface area contributed by atoms with E-state index in [4.69, 9.17) is 9.47 Å². The molecule has 0 aliphatic carbocycles. The van der Waals surface area contributed by atoms with Gasteiger partial charge in [0, 0.05) is 6.61 Å². The highest BCUT2D eigenvalue weighted by Crippen LogP contribution is 2.27. The van der Waals surface area contributed by atoms with Gasteiger partial charge in [-0.05, 0) is 42.7 Å². The Hall–Kier alpha value is -2.17. The van der Waals surface area contributed by atoms with Crippen molar-refractivity contribution in [3.8, 4) is 5.75 Å². The fourth-order valence-corrected chi connectivity index (χ4v) is 4.62. The number of ether oxygens (including phenoxy) is 2. The Morgan fingerprint density at radius 1 is 1.28 bits per heavy atom. The minimum absolute atomic E-state index is 0. The van der Waals surface area contributed by atoms with Crippen LogP contribution in [0, 0.1) is 17.6 Å². The SMILES string of the molecule is COc1ccc(S(=O)(=O)C[C@H]2CCOC2)cc1C(=O)Nc1cccc(F)c1F.S. The molecule has 2 aromatic rings. The number of nitrogens with one attached hydrogen (secondary N) is 1. The van der Waals surface area contributed by atoms with Crippen molar-refractivity contribution in [2.24, 2.45) is 5.92 Å². The second-order valence-electron chi connectivity index (χ2n) is 6.43. The van der Waals surface area contributed by atoms with Crippen LogP contribution in [-0.4, -0.2) is 40.4 Å². The molecule has 0 bridgehead atoms. The van der Waals surface area contributed by atoms with E-state index in [1.54, 1.807) is 0 Å². The van der Waals surface area contributed by atoms with Crippen LogP contribution in [0.3, 0.4) is 0 Å². The molecular weight excluding hydrogens is 424 g/mol. The van der Waals surface area contributed by atoms with Crippen molar-refractivity contribution in [2.75, 3.05) is 31.4 Å². The van der Waals surface area contributed by atoms with Gasteiger partial charge < -0.3 is 14.8 Å². The molecule has 1 heterocycles. The highest BCUT2D eigenvalue weighted by atomic mass is 32.2. The van der Waals surface area contributed by atoms with Crippen LogP contribution in [0.4, 0.5) is 14.5 Å². The average molecular weight is 446 g/mol. The summed E-state index contributed by atoms with van der Waals surface area (Å²) >= 11 is 0. The molecule has 1 aliphatic rings. The van der Waals surface area contributed by atoms with Crippen molar-refractivity contribution < 1.29 is 31.5 Å². The van der Waals surface area contributed by atoms with E-state index in [0.717, 1.165) is 6.07 Å². The van der Waals surface area contributed by atoms with Crippen molar-refractivity contribution in [3.63, 3.8) is 0 Å². The number of benzene rings is 2. The minimum atomic E-state index is -3.66. The van der Waals surface area contributed by atoms with Crippen LogP contribution >= 0.6 is 13.5 Å². The van der Waals surface area contributed by atoms with Crippen LogP contribution in [0.25, 0.3) is 0 Å². The fourth-order valence-electron chi connectivity index (χ4n) is 2.97. The van der Waals surface area contributed by atoms with Gasteiger partial charge in [0.25, 0.3) is 5.91 Å². The topological polar surface area (TPSA) is 81.7 Å². The maximum absolute atomic E-state index is 13.8. The molecule has 0 unspecified atom stereocenters. The van der Waals surface area contributed by atoms with Gasteiger partial charge in [-0.25, -0.2) is 17.2 Å². The quantitative estimate of drug-likeness (QED) is 0.739. The zero-order valence-electron chi connectivity index (χ0n) is 15.6. The van der Waals surface area contributed by atoms with E-state index in [0.29, 0.717) is 19.6 Å². The molecule has 1 N–H and O–H groups in total. The molecule has 1 saturated heterocycles. The van der Waals surface area contributed by atoms with Crippen molar-refractivity contribution >= 4 is 34.9 Å². The molecule has 1 atom stereocenters. The summed E-state index contributed by atoms with van der Waals surface area (Å²) in [5.41, 5.74) is -0.460. The van der Waals surface area contributed by atoms with Crippen molar-refractivity contribution in [1.29, 1.82) is 0 Å². The van der Waals surface area contributed by atoms with Gasteiger partial charge in [-0.2, -0.15) is 13.5 Å². The van der Waals surface area contributed by atoms with Gasteiger partial charge in [0.2, 0.25) is 0 Å². The number of halogens is 2. The molecule has 0 spiro atoms. The largest absolute Gasteiger partial charge is 0.496 e. The molecule has 0 radical (unpaired) electrons. The molecule has 1 fully saturated rings. The first-order valence-corrected chi connectivity index (χ1v) is 10.2. The van der Waals surface area contributed by atoms with Gasteiger partial charge in [0.1, 0.15) is 5.75 Å². The van der Waals surface area contributed by atoms with E-state index in [9.17, 15) is 22.0 Å². The Kier molecular flexibility index (Phi) is 7.61. The Bertz CT molecular complexity index is 992. The summed E-state index contributed by atoms with van der Waals surface area (Å²) in [5.74, 6) is -3.23. The second-order valence-corrected chi connectivity index (χ2v) is 8.46. The maximum Gasteiger partial charge on any atom is 0.259 e. The van der Waals surface area contributed by atoms with Crippen LogP contribution in [0.1, 0.15) is 16.8 Å². The molecule has 2 aromatic carbocycles. The lowest BCUT2D eigenvalue weighted by Crippen LogP contribution is -2.18. The third-order valence-electron chi connectivity index (χ3n) is 4.45. The number of rotatable bonds is 6. The average Bonchev–Trinajstić information content (AvgIpc) is 3.17. The number of carbonyl (C=O) groups excluding carboxylic acids is 1. The first kappa shape index (κ1) is 23.1. The monoisotopic (exact) mass is 445 g/mol. The van der Waals surface area contributed by atoms with E-state index in [2.05, 4.69) is 5.32 Å². The number of sulfone groups is 1. The van der Waals surface area contributed by atoms with Gasteiger partial charge >= 0.3 is 0 Å². The summed E-state index contributed by atoms with van der Waals surface area (Å²) < 4.78 is 62.9. The molecule has 6 nitrogen and oxygen atoms in total. The fraction of sp³-hybridized carbons (Fsp3) is 0.316. The van der Waals surface area contributed by atoms with Crippen molar-refractivity contribution in [3.05, 3.63) is 53.6 Å². The zero-order chi connectivity index (χ0) is 20.3. The number of hydrogen-bond acceptors (Lipinski definition) is 5. The summed E-state index contributed by atoms with van der Waals surface area (Å²) in [5, 5.41) is 2.25. The lowest BCUT2D eigenvalue weighted by molar-refractivity contribution is 0.102. The highest BCUT2D eigenvalue weighted by molar-refractivity contribution is 7.91. The molecule has 29 heavy (non-hydrogen) atoms. The van der Waals surface area contributed by atoms with Crippen LogP contribution < -0.4 is 10.1 Å². The standard InChI is InChI=1S/C19H19F2NO5S.H2S/c1-26-17-6-5-13(28(24,25)11-12-7-8-27-10-12)9-14(17)19(23)22-16-4-2-3-15(20)18(16)21;/h2-6,9,12H,7-8,10-11H2,1H3,(H,22,23);1H2/t12-;/m0./s1. The van der Waals surface area contributed by atoms with Crippen LogP contribution in [0.15, 0.2) is 41.3 Å². The Morgan fingerprint density at radius 2 is 2.03 bits per heavy atom. The summed E-state index contributed by atoms with van der Waals surface area (Å²) in [4.78, 5) is 12.5. The van der Waals surface area contributed by atoms with E-state index in [1.165, 1.54) is 37.4 Å². The van der Waals surface area contributed by atoms with Crippen molar-refractivity contribution in [1.82, 2.24) is 0 Å². The lowest BCUT2D eigenvalue weighted by Gasteiger charge is -2.13. The minimum Gasteiger partial charge on any atom is -0.496 e. The van der Waals surface area contributed by atoms with Gasteiger partial charge in [0.15, 0.2) is 21.5 Å².